The molecule has 1 aromatic rings. The molecule has 0 aliphatic carbocycles. The smallest absolute Gasteiger partial charge is 0.154 e. The van der Waals surface area contributed by atoms with Crippen LogP contribution in [0.2, 0.25) is 0 Å². The quantitative estimate of drug-likeness (QED) is 0.547. The summed E-state index contributed by atoms with van der Waals surface area (Å²) in [5, 5.41) is 11.9. The lowest BCUT2D eigenvalue weighted by molar-refractivity contribution is 1.26. The summed E-state index contributed by atoms with van der Waals surface area (Å²) in [6, 6.07) is 1.81. The van der Waals surface area contributed by atoms with Crippen LogP contribution in [0.3, 0.4) is 0 Å². The van der Waals surface area contributed by atoms with Crippen LogP contribution >= 0.6 is 34.7 Å². The molecule has 0 amide bonds. The Balaban J connectivity index is 2.54. The van der Waals surface area contributed by atoms with Gasteiger partial charge in [-0.25, -0.2) is 4.98 Å². The molecular weight excluding hydrogens is 200 g/mol. The van der Waals surface area contributed by atoms with Crippen molar-refractivity contribution in [3.63, 3.8) is 0 Å². The van der Waals surface area contributed by atoms with E-state index in [1.165, 1.54) is 23.1 Å². The molecule has 0 N–H and O–H groups in total. The summed E-state index contributed by atoms with van der Waals surface area (Å²) in [6.07, 6.45) is 1.71. The number of thiazole rings is 1. The molecule has 5 heteroatoms. The number of aromatic nitrogens is 1. The first-order valence-electron chi connectivity index (χ1n) is 2.65. The number of hydrogen-bond donors (Lipinski definition) is 0. The lowest BCUT2D eigenvalue weighted by Gasteiger charge is -1.83. The molecule has 0 radical (unpaired) electrons. The second kappa shape index (κ2) is 4.39. The highest BCUT2D eigenvalue weighted by Gasteiger charge is 1.93. The molecule has 0 atom stereocenters. The van der Waals surface area contributed by atoms with Crippen LogP contribution in [0.15, 0.2) is 26.4 Å². The van der Waals surface area contributed by atoms with Crippen LogP contribution in [0, 0.1) is 11.3 Å². The van der Waals surface area contributed by atoms with E-state index in [9.17, 15) is 0 Å². The summed E-state index contributed by atoms with van der Waals surface area (Å²) in [6.45, 7) is 0. The first kappa shape index (κ1) is 8.60. The maximum Gasteiger partial charge on any atom is 0.154 e. The van der Waals surface area contributed by atoms with Gasteiger partial charge in [0, 0.05) is 17.0 Å². The van der Waals surface area contributed by atoms with Crippen LogP contribution < -0.4 is 0 Å². The third-order valence-electron chi connectivity index (χ3n) is 0.780. The van der Waals surface area contributed by atoms with Gasteiger partial charge in [-0.2, -0.15) is 5.26 Å². The molecule has 1 aromatic heterocycles. The van der Waals surface area contributed by atoms with Crippen LogP contribution in [0.25, 0.3) is 0 Å². The molecule has 0 saturated heterocycles. The molecule has 0 spiro atoms. The highest BCUT2D eigenvalue weighted by molar-refractivity contribution is 8.03. The summed E-state index contributed by atoms with van der Waals surface area (Å²) < 4.78 is 0.887. The van der Waals surface area contributed by atoms with Crippen molar-refractivity contribution in [1.82, 2.24) is 4.98 Å². The predicted molar refractivity (Wildman–Crippen MR) is 47.5 cm³/mol. The van der Waals surface area contributed by atoms with Gasteiger partial charge in [0.25, 0.3) is 0 Å². The Kier molecular flexibility index (Phi) is 3.43. The van der Waals surface area contributed by atoms with Gasteiger partial charge >= 0.3 is 0 Å². The van der Waals surface area contributed by atoms with Crippen molar-refractivity contribution in [3.05, 3.63) is 22.0 Å². The molecule has 0 bridgehead atoms. The molecule has 0 unspecified atom stereocenters. The predicted octanol–water partition coefficient (Wildman–Crippen LogP) is 2.84. The first-order chi connectivity index (χ1) is 5.33. The highest BCUT2D eigenvalue weighted by atomic mass is 35.5. The zero-order valence-electron chi connectivity index (χ0n) is 5.32. The van der Waals surface area contributed by atoms with Gasteiger partial charge < -0.3 is 0 Å². The minimum atomic E-state index is 0.185. The maximum atomic E-state index is 8.28. The van der Waals surface area contributed by atoms with E-state index in [0.29, 0.717) is 0 Å². The van der Waals surface area contributed by atoms with Gasteiger partial charge in [-0.1, -0.05) is 23.4 Å². The van der Waals surface area contributed by atoms with E-state index < -0.39 is 0 Å². The molecule has 0 saturated carbocycles. The van der Waals surface area contributed by atoms with Crippen LogP contribution in [0.1, 0.15) is 0 Å². The number of nitriles is 1. The summed E-state index contributed by atoms with van der Waals surface area (Å²) in [5.74, 6) is 0. The Bertz CT molecular complexity index is 286. The minimum absolute atomic E-state index is 0.185. The van der Waals surface area contributed by atoms with Gasteiger partial charge in [0.2, 0.25) is 0 Å². The number of hydrogen-bond acceptors (Lipinski definition) is 4. The fraction of sp³-hybridized carbons (Fsp3) is 0. The number of nitrogens with zero attached hydrogens (tertiary/aromatic N) is 2. The first-order valence-corrected chi connectivity index (χ1v) is 4.78. The molecule has 0 aliphatic rings. The van der Waals surface area contributed by atoms with Gasteiger partial charge in [0.1, 0.15) is 11.1 Å². The normalized spacial score (nSPS) is 11.1. The summed E-state index contributed by atoms with van der Waals surface area (Å²) >= 11 is 8.30. The fourth-order valence-corrected chi connectivity index (χ4v) is 1.80. The van der Waals surface area contributed by atoms with Gasteiger partial charge in [0.15, 0.2) is 4.34 Å². The van der Waals surface area contributed by atoms with Crippen molar-refractivity contribution in [2.45, 2.75) is 4.34 Å². The zero-order chi connectivity index (χ0) is 8.10. The highest BCUT2D eigenvalue weighted by Crippen LogP contribution is 2.23. The van der Waals surface area contributed by atoms with Crippen LogP contribution in [-0.2, 0) is 0 Å². The molecule has 1 heterocycles. The fourth-order valence-electron chi connectivity index (χ4n) is 0.397. The average molecular weight is 203 g/mol. The van der Waals surface area contributed by atoms with E-state index in [1.807, 2.05) is 11.4 Å². The van der Waals surface area contributed by atoms with Crippen LogP contribution in [0.4, 0.5) is 0 Å². The zero-order valence-corrected chi connectivity index (χ0v) is 7.71. The lowest BCUT2D eigenvalue weighted by Crippen LogP contribution is -1.62. The summed E-state index contributed by atoms with van der Waals surface area (Å²) in [5.41, 5.74) is 0. The molecular formula is C6H3ClN2S2. The van der Waals surface area contributed by atoms with E-state index in [2.05, 4.69) is 4.98 Å². The topological polar surface area (TPSA) is 36.7 Å². The standard InChI is InChI=1S/C6H3ClN2S2/c7-5(3-8)4-11-6-9-1-2-10-6/h1-2,4H/b5-4-. The van der Waals surface area contributed by atoms with Gasteiger partial charge in [-0.3, -0.25) is 0 Å². The van der Waals surface area contributed by atoms with Gasteiger partial charge in [0.05, 0.1) is 0 Å². The number of thioether (sulfide) groups is 1. The molecule has 2 nitrogen and oxygen atoms in total. The maximum absolute atomic E-state index is 8.28. The molecule has 0 fully saturated rings. The van der Waals surface area contributed by atoms with Crippen molar-refractivity contribution in [2.75, 3.05) is 0 Å². The van der Waals surface area contributed by atoms with Gasteiger partial charge in [-0.15, -0.1) is 11.3 Å². The van der Waals surface area contributed by atoms with Crippen molar-refractivity contribution in [2.24, 2.45) is 0 Å². The van der Waals surface area contributed by atoms with E-state index in [4.69, 9.17) is 16.9 Å². The van der Waals surface area contributed by atoms with E-state index in [0.717, 1.165) is 4.34 Å². The van der Waals surface area contributed by atoms with E-state index in [1.54, 1.807) is 11.6 Å². The summed E-state index contributed by atoms with van der Waals surface area (Å²) in [4.78, 5) is 3.99. The van der Waals surface area contributed by atoms with Crippen molar-refractivity contribution in [3.8, 4) is 6.07 Å². The average Bonchev–Trinajstić information content (AvgIpc) is 2.52. The van der Waals surface area contributed by atoms with E-state index >= 15 is 0 Å². The minimum Gasteiger partial charge on any atom is -0.238 e. The van der Waals surface area contributed by atoms with Crippen LogP contribution in [0.5, 0.6) is 0 Å². The monoisotopic (exact) mass is 202 g/mol. The molecule has 0 aromatic carbocycles. The summed E-state index contributed by atoms with van der Waals surface area (Å²) in [7, 11) is 0. The lowest BCUT2D eigenvalue weighted by atomic mass is 10.7. The second-order valence-electron chi connectivity index (χ2n) is 1.49. The Hall–Kier alpha value is -0.500. The van der Waals surface area contributed by atoms with E-state index in [-0.39, 0.29) is 5.03 Å². The van der Waals surface area contributed by atoms with Crippen molar-refractivity contribution in [1.29, 1.82) is 5.26 Å². The van der Waals surface area contributed by atoms with Crippen LogP contribution in [-0.4, -0.2) is 4.98 Å². The number of rotatable bonds is 2. The molecule has 0 aliphatic heterocycles. The molecule has 11 heavy (non-hydrogen) atoms. The molecule has 56 valence electrons. The Morgan fingerprint density at radius 3 is 3.27 bits per heavy atom. The second-order valence-corrected chi connectivity index (χ2v) is 3.91. The Morgan fingerprint density at radius 1 is 1.91 bits per heavy atom. The SMILES string of the molecule is N#C/C(Cl)=C/Sc1nccs1. The third kappa shape index (κ3) is 2.93. The largest absolute Gasteiger partial charge is 0.238 e. The van der Waals surface area contributed by atoms with Gasteiger partial charge in [-0.05, 0) is 0 Å². The third-order valence-corrected chi connectivity index (χ3v) is 2.91. The molecule has 1 rings (SSSR count). The Labute approximate surface area is 77.5 Å². The van der Waals surface area contributed by atoms with Crippen molar-refractivity contribution < 1.29 is 0 Å². The number of halogens is 1. The number of allylic oxidation sites excluding steroid dienone is 1. The van der Waals surface area contributed by atoms with Crippen molar-refractivity contribution >= 4 is 34.7 Å². The Morgan fingerprint density at radius 2 is 2.73 bits per heavy atom.